The van der Waals surface area contributed by atoms with Gasteiger partial charge < -0.3 is 9.92 Å². The summed E-state index contributed by atoms with van der Waals surface area (Å²) in [6.07, 6.45) is 1.91. The summed E-state index contributed by atoms with van der Waals surface area (Å²) in [6.45, 7) is 1.42. The number of hydrogen-bond donors (Lipinski definition) is 1. The number of nitrogens with two attached hydrogens (primary N) is 1. The summed E-state index contributed by atoms with van der Waals surface area (Å²) in [6, 6.07) is 14.7. The van der Waals surface area contributed by atoms with Gasteiger partial charge in [-0.1, -0.05) is 40.2 Å². The molecule has 0 saturated heterocycles. The standard InChI is InChI=1S/C19H19BrN4O3S/c1-28(25,26)27-16-8-3-6-14(12-16)19(13-5-2-7-15(20)11-13)17-22-9-4-10-24(17)18(21)23-19/h2-3,5-8,11-12H,4,9-10H2,1H3,(H2,21,23). The van der Waals surface area contributed by atoms with Crippen molar-refractivity contribution >= 4 is 37.8 Å². The Balaban J connectivity index is 1.96. The molecule has 0 saturated carbocycles. The molecule has 28 heavy (non-hydrogen) atoms. The van der Waals surface area contributed by atoms with Crippen molar-refractivity contribution in [2.45, 2.75) is 12.0 Å². The minimum absolute atomic E-state index is 0.220. The number of fused-ring (bicyclic) bond motifs is 1. The number of amidine groups is 1. The van der Waals surface area contributed by atoms with Gasteiger partial charge in [-0.25, -0.2) is 4.99 Å². The lowest BCUT2D eigenvalue weighted by Crippen LogP contribution is -2.46. The van der Waals surface area contributed by atoms with E-state index >= 15 is 0 Å². The van der Waals surface area contributed by atoms with Gasteiger partial charge in [0.05, 0.1) is 6.26 Å². The Kier molecular flexibility index (Phi) is 4.67. The molecule has 1 atom stereocenters. The second-order valence-corrected chi connectivity index (χ2v) is 9.21. The molecule has 2 N–H and O–H groups in total. The first-order chi connectivity index (χ1) is 13.3. The van der Waals surface area contributed by atoms with Crippen molar-refractivity contribution < 1.29 is 12.6 Å². The van der Waals surface area contributed by atoms with Gasteiger partial charge in [-0.05, 0) is 41.8 Å². The van der Waals surface area contributed by atoms with E-state index in [1.807, 2.05) is 35.2 Å². The molecule has 0 fully saturated rings. The second kappa shape index (κ2) is 6.89. The average Bonchev–Trinajstić information content (AvgIpc) is 2.95. The first kappa shape index (κ1) is 18.9. The van der Waals surface area contributed by atoms with Crippen molar-refractivity contribution in [2.24, 2.45) is 15.7 Å². The molecule has 0 aliphatic carbocycles. The van der Waals surface area contributed by atoms with Crippen LogP contribution in [0.4, 0.5) is 0 Å². The molecular weight excluding hydrogens is 444 g/mol. The molecule has 0 aromatic heterocycles. The van der Waals surface area contributed by atoms with Gasteiger partial charge in [0.25, 0.3) is 0 Å². The third-order valence-corrected chi connectivity index (χ3v) is 5.67. The van der Waals surface area contributed by atoms with Crippen molar-refractivity contribution in [1.29, 1.82) is 0 Å². The van der Waals surface area contributed by atoms with Gasteiger partial charge >= 0.3 is 10.1 Å². The van der Waals surface area contributed by atoms with E-state index in [-0.39, 0.29) is 5.75 Å². The lowest BCUT2D eigenvalue weighted by Gasteiger charge is -2.33. The van der Waals surface area contributed by atoms with Crippen LogP contribution in [0.2, 0.25) is 0 Å². The molecule has 4 rings (SSSR count). The Morgan fingerprint density at radius 2 is 1.89 bits per heavy atom. The monoisotopic (exact) mass is 462 g/mol. The number of hydrogen-bond acceptors (Lipinski definition) is 7. The number of aliphatic imine (C=N–C) groups is 2. The van der Waals surface area contributed by atoms with Crippen molar-refractivity contribution in [2.75, 3.05) is 19.3 Å². The van der Waals surface area contributed by atoms with Gasteiger partial charge in [0.15, 0.2) is 11.5 Å². The van der Waals surface area contributed by atoms with Crippen molar-refractivity contribution in [1.82, 2.24) is 4.90 Å². The molecule has 2 aliphatic rings. The number of halogens is 1. The largest absolute Gasteiger partial charge is 0.383 e. The quantitative estimate of drug-likeness (QED) is 0.703. The minimum Gasteiger partial charge on any atom is -0.383 e. The number of guanidine groups is 1. The van der Waals surface area contributed by atoms with Crippen LogP contribution in [0.1, 0.15) is 17.5 Å². The maximum Gasteiger partial charge on any atom is 0.306 e. The predicted octanol–water partition coefficient (Wildman–Crippen LogP) is 2.46. The maximum atomic E-state index is 11.6. The SMILES string of the molecule is CS(=O)(=O)Oc1cccc(C2(c3cccc(Br)c3)N=C(N)N3CCCN=C32)c1. The van der Waals surface area contributed by atoms with Gasteiger partial charge in [-0.15, -0.1) is 0 Å². The third-order valence-electron chi connectivity index (χ3n) is 4.68. The maximum absolute atomic E-state index is 11.6. The zero-order valence-electron chi connectivity index (χ0n) is 15.2. The lowest BCUT2D eigenvalue weighted by molar-refractivity contribution is 0.491. The molecule has 7 nitrogen and oxygen atoms in total. The Labute approximate surface area is 172 Å². The zero-order chi connectivity index (χ0) is 19.9. The van der Waals surface area contributed by atoms with Crippen LogP contribution < -0.4 is 9.92 Å². The first-order valence-electron chi connectivity index (χ1n) is 8.73. The van der Waals surface area contributed by atoms with Gasteiger partial charge in [0.1, 0.15) is 11.6 Å². The van der Waals surface area contributed by atoms with E-state index in [2.05, 4.69) is 15.9 Å². The summed E-state index contributed by atoms with van der Waals surface area (Å²) >= 11 is 3.53. The van der Waals surface area contributed by atoms with Crippen LogP contribution in [0.15, 0.2) is 63.0 Å². The molecule has 9 heteroatoms. The van der Waals surface area contributed by atoms with E-state index in [1.54, 1.807) is 18.2 Å². The summed E-state index contributed by atoms with van der Waals surface area (Å²) in [5.74, 6) is 1.36. The van der Waals surface area contributed by atoms with Crippen molar-refractivity contribution in [3.63, 3.8) is 0 Å². The summed E-state index contributed by atoms with van der Waals surface area (Å²) in [5, 5.41) is 0. The Hall–Kier alpha value is -2.39. The van der Waals surface area contributed by atoms with Gasteiger partial charge in [-0.3, -0.25) is 9.89 Å². The zero-order valence-corrected chi connectivity index (χ0v) is 17.6. The van der Waals surface area contributed by atoms with E-state index in [0.717, 1.165) is 40.7 Å². The van der Waals surface area contributed by atoms with Crippen LogP contribution in [-0.2, 0) is 15.7 Å². The van der Waals surface area contributed by atoms with Gasteiger partial charge in [-0.2, -0.15) is 8.42 Å². The molecule has 2 aliphatic heterocycles. The third kappa shape index (κ3) is 3.29. The van der Waals surface area contributed by atoms with E-state index in [9.17, 15) is 8.42 Å². The lowest BCUT2D eigenvalue weighted by atomic mass is 9.82. The van der Waals surface area contributed by atoms with E-state index in [0.29, 0.717) is 12.5 Å². The van der Waals surface area contributed by atoms with Crippen LogP contribution in [0.5, 0.6) is 5.75 Å². The molecule has 0 bridgehead atoms. The molecule has 1 unspecified atom stereocenters. The summed E-state index contributed by atoms with van der Waals surface area (Å²) in [5.41, 5.74) is 6.92. The van der Waals surface area contributed by atoms with Crippen LogP contribution >= 0.6 is 15.9 Å². The van der Waals surface area contributed by atoms with E-state index < -0.39 is 15.7 Å². The first-order valence-corrected chi connectivity index (χ1v) is 11.3. The fourth-order valence-electron chi connectivity index (χ4n) is 3.64. The van der Waals surface area contributed by atoms with Crippen LogP contribution in [0.25, 0.3) is 0 Å². The number of nitrogens with zero attached hydrogens (tertiary/aromatic N) is 3. The topological polar surface area (TPSA) is 97.3 Å². The average molecular weight is 463 g/mol. The molecule has 2 heterocycles. The van der Waals surface area contributed by atoms with Crippen molar-refractivity contribution in [3.8, 4) is 5.75 Å². The molecule has 0 amide bonds. The predicted molar refractivity (Wildman–Crippen MR) is 112 cm³/mol. The van der Waals surface area contributed by atoms with Crippen molar-refractivity contribution in [3.05, 3.63) is 64.1 Å². The highest BCUT2D eigenvalue weighted by atomic mass is 79.9. The van der Waals surface area contributed by atoms with Crippen LogP contribution in [0.3, 0.4) is 0 Å². The highest BCUT2D eigenvalue weighted by Gasteiger charge is 2.49. The molecule has 0 spiro atoms. The molecule has 2 aromatic rings. The fourth-order valence-corrected chi connectivity index (χ4v) is 4.49. The smallest absolute Gasteiger partial charge is 0.306 e. The molecule has 146 valence electrons. The minimum atomic E-state index is -3.65. The Bertz CT molecular complexity index is 1100. The second-order valence-electron chi connectivity index (χ2n) is 6.72. The van der Waals surface area contributed by atoms with E-state index in [4.69, 9.17) is 19.9 Å². The van der Waals surface area contributed by atoms with Gasteiger partial charge in [0, 0.05) is 17.6 Å². The van der Waals surface area contributed by atoms with E-state index in [1.165, 1.54) is 0 Å². The normalized spacial score (nSPS) is 21.7. The Morgan fingerprint density at radius 1 is 1.18 bits per heavy atom. The molecule has 2 aromatic carbocycles. The Morgan fingerprint density at radius 3 is 2.61 bits per heavy atom. The number of rotatable bonds is 4. The summed E-state index contributed by atoms with van der Waals surface area (Å²) in [4.78, 5) is 11.5. The summed E-state index contributed by atoms with van der Waals surface area (Å²) in [7, 11) is -3.65. The highest BCUT2D eigenvalue weighted by molar-refractivity contribution is 9.10. The highest BCUT2D eigenvalue weighted by Crippen LogP contribution is 2.43. The fraction of sp³-hybridized carbons (Fsp3) is 0.263. The molecule has 0 radical (unpaired) electrons. The van der Waals surface area contributed by atoms with Crippen LogP contribution in [0, 0.1) is 0 Å². The molecular formula is C19H19BrN4O3S. The van der Waals surface area contributed by atoms with Crippen LogP contribution in [-0.4, -0.2) is 44.5 Å². The number of benzene rings is 2. The summed E-state index contributed by atoms with van der Waals surface area (Å²) < 4.78 is 29.2. The van der Waals surface area contributed by atoms with Gasteiger partial charge in [0.2, 0.25) is 0 Å².